The highest BCUT2D eigenvalue weighted by molar-refractivity contribution is 6.30. The number of pyridine rings is 1. The monoisotopic (exact) mass is 628 g/mol. The van der Waals surface area contributed by atoms with E-state index in [0.717, 1.165) is 69.5 Å². The van der Waals surface area contributed by atoms with Crippen molar-refractivity contribution in [3.63, 3.8) is 0 Å². The van der Waals surface area contributed by atoms with Crippen LogP contribution in [0.2, 0.25) is 5.02 Å². The van der Waals surface area contributed by atoms with E-state index >= 15 is 0 Å². The van der Waals surface area contributed by atoms with Gasteiger partial charge < -0.3 is 42.6 Å². The summed E-state index contributed by atoms with van der Waals surface area (Å²) < 4.78 is 17.8. The first-order valence-electron chi connectivity index (χ1n) is 13.5. The van der Waals surface area contributed by atoms with Gasteiger partial charge in [-0.05, 0) is 75.4 Å². The third-order valence-corrected chi connectivity index (χ3v) is 6.55. The number of nitrogens with one attached hydrogen (secondary N) is 3. The molecule has 1 fully saturated rings. The minimum atomic E-state index is -0.666. The van der Waals surface area contributed by atoms with Crippen molar-refractivity contribution in [2.45, 2.75) is 51.7 Å². The smallest absolute Gasteiger partial charge is 0.513 e. The molecule has 41 heavy (non-hydrogen) atoms. The fraction of sp³-hybridized carbons (Fsp3) is 0.500. The molecule has 2 heterocycles. The third kappa shape index (κ3) is 15.6. The van der Waals surface area contributed by atoms with Gasteiger partial charge in [0.15, 0.2) is 12.4 Å². The molecule has 226 valence electrons. The second kappa shape index (κ2) is 21.7. The van der Waals surface area contributed by atoms with Crippen LogP contribution in [0.15, 0.2) is 53.8 Å². The number of carbonyl (C=O) groups excluding carboxylic acids is 1. The summed E-state index contributed by atoms with van der Waals surface area (Å²) in [5.74, 6) is 1.81. The molecule has 3 rings (SSSR count). The number of carbonyl (C=O) groups is 1. The maximum Gasteiger partial charge on any atom is 0.513 e. The van der Waals surface area contributed by atoms with E-state index in [1.54, 1.807) is 29.1 Å². The Balaban J connectivity index is 0.00000420. The molecule has 0 spiro atoms. The molecule has 0 atom stereocenters. The molecule has 10 nitrogen and oxygen atoms in total. The number of nitrogens with zero attached hydrogens (tertiary/aromatic N) is 3. The lowest BCUT2D eigenvalue weighted by atomic mass is 9.95. The minimum Gasteiger partial charge on any atom is -1.00 e. The van der Waals surface area contributed by atoms with E-state index in [1.165, 1.54) is 0 Å². The number of benzene rings is 1. The predicted octanol–water partition coefficient (Wildman–Crippen LogP) is 2.03. The standard InChI is InChI=1S/C28H37ClN6O4.2ClH/c29-24-5-7-26(8-6-24)37-19-4-2-1-3-14-32-27(33-21-30)34-25-11-17-35(18-12-25)22-39-28(36)38-20-13-23-9-15-31-16-10-23;;/h5-8,11-12,17-18,23,31H,1-4,9-10,13-16,19-20,22H2,(H,32,33);2*1H. The number of hydrogen-bond donors (Lipinski definition) is 3. The average molecular weight is 630 g/mol. The van der Waals surface area contributed by atoms with Gasteiger partial charge >= 0.3 is 6.16 Å². The van der Waals surface area contributed by atoms with Gasteiger partial charge in [0.2, 0.25) is 12.2 Å². The zero-order valence-electron chi connectivity index (χ0n) is 23.0. The molecule has 1 aliphatic rings. The first-order valence-corrected chi connectivity index (χ1v) is 13.9. The minimum absolute atomic E-state index is 0. The molecule has 2 aromatic rings. The molecule has 0 bridgehead atoms. The Morgan fingerprint density at radius 3 is 2.46 bits per heavy atom. The van der Waals surface area contributed by atoms with E-state index in [0.29, 0.717) is 36.7 Å². The van der Waals surface area contributed by atoms with Crippen LogP contribution >= 0.6 is 24.0 Å². The van der Waals surface area contributed by atoms with Gasteiger partial charge in [-0.2, -0.15) is 9.83 Å². The number of halogens is 3. The number of ether oxygens (including phenoxy) is 3. The van der Waals surface area contributed by atoms with Gasteiger partial charge in [-0.1, -0.05) is 24.4 Å². The second-order valence-corrected chi connectivity index (χ2v) is 9.72. The number of hydrogen-bond acceptors (Lipinski definition) is 7. The zero-order chi connectivity index (χ0) is 27.5. The van der Waals surface area contributed by atoms with Crippen molar-refractivity contribution in [2.75, 3.05) is 38.2 Å². The van der Waals surface area contributed by atoms with E-state index in [2.05, 4.69) is 20.9 Å². The molecular formula is C28H39Cl3N6O4. The zero-order valence-corrected chi connectivity index (χ0v) is 25.4. The highest BCUT2D eigenvalue weighted by Gasteiger charge is 2.14. The number of aromatic nitrogens is 1. The van der Waals surface area contributed by atoms with E-state index in [4.69, 9.17) is 31.1 Å². The van der Waals surface area contributed by atoms with Crippen LogP contribution in [-0.4, -0.2) is 45.0 Å². The molecule has 0 saturated carbocycles. The largest absolute Gasteiger partial charge is 1.00 e. The van der Waals surface area contributed by atoms with Crippen molar-refractivity contribution < 1.29 is 36.0 Å². The van der Waals surface area contributed by atoms with Crippen molar-refractivity contribution in [1.29, 1.82) is 5.26 Å². The van der Waals surface area contributed by atoms with Gasteiger partial charge in [-0.15, -0.1) is 17.4 Å². The Hall–Kier alpha value is -2.97. The highest BCUT2D eigenvalue weighted by Crippen LogP contribution is 2.16. The topological polar surface area (TPSA) is 121 Å². The van der Waals surface area contributed by atoms with Crippen LogP contribution in [0.25, 0.3) is 0 Å². The Kier molecular flexibility index (Phi) is 19.1. The summed E-state index contributed by atoms with van der Waals surface area (Å²) in [6, 6.07) is 11.0. The van der Waals surface area contributed by atoms with E-state index in [9.17, 15) is 4.79 Å². The average Bonchev–Trinajstić information content (AvgIpc) is 2.95. The van der Waals surface area contributed by atoms with Gasteiger partial charge in [0.1, 0.15) is 5.75 Å². The molecule has 1 aromatic heterocycles. The molecular weight excluding hydrogens is 591 g/mol. The predicted molar refractivity (Wildman–Crippen MR) is 157 cm³/mol. The van der Waals surface area contributed by atoms with Gasteiger partial charge in [0, 0.05) is 23.7 Å². The molecule has 1 aromatic carbocycles. The summed E-state index contributed by atoms with van der Waals surface area (Å²) in [6.45, 7) is 3.83. The maximum absolute atomic E-state index is 11.9. The summed E-state index contributed by atoms with van der Waals surface area (Å²) in [7, 11) is 0. The Morgan fingerprint density at radius 2 is 1.76 bits per heavy atom. The Labute approximate surface area is 259 Å². The van der Waals surface area contributed by atoms with Crippen molar-refractivity contribution >= 4 is 41.8 Å². The van der Waals surface area contributed by atoms with E-state index < -0.39 is 6.16 Å². The normalized spacial score (nSPS) is 13.1. The molecule has 3 N–H and O–H groups in total. The maximum atomic E-state index is 11.9. The summed E-state index contributed by atoms with van der Waals surface area (Å²) in [6.07, 6.45) is 11.8. The Bertz CT molecular complexity index is 1060. The van der Waals surface area contributed by atoms with Crippen molar-refractivity contribution in [3.05, 3.63) is 53.8 Å². The lowest BCUT2D eigenvalue weighted by Gasteiger charge is -2.21. The second-order valence-electron chi connectivity index (χ2n) is 9.28. The number of guanidine groups is 1. The number of anilines is 1. The van der Waals surface area contributed by atoms with Gasteiger partial charge in [0.05, 0.1) is 18.9 Å². The number of aliphatic imine (C=N–C) groups is 1. The molecule has 0 unspecified atom stereocenters. The lowest BCUT2D eigenvalue weighted by Crippen LogP contribution is -3.00. The van der Waals surface area contributed by atoms with Gasteiger partial charge in [-0.25, -0.2) is 4.79 Å². The van der Waals surface area contributed by atoms with Gasteiger partial charge in [0.25, 0.3) is 6.73 Å². The van der Waals surface area contributed by atoms with E-state index in [1.807, 2.05) is 30.5 Å². The number of rotatable bonds is 14. The fourth-order valence-electron chi connectivity index (χ4n) is 4.08. The molecule has 0 amide bonds. The number of nitriles is 1. The number of unbranched alkanes of at least 4 members (excludes halogenated alkanes) is 3. The quantitative estimate of drug-likeness (QED) is 0.0725. The molecule has 0 radical (unpaired) electrons. The fourth-order valence-corrected chi connectivity index (χ4v) is 4.21. The molecule has 0 aliphatic carbocycles. The van der Waals surface area contributed by atoms with Crippen molar-refractivity contribution in [3.8, 4) is 11.9 Å². The van der Waals surface area contributed by atoms with Crippen LogP contribution in [0.1, 0.15) is 44.9 Å². The van der Waals surface area contributed by atoms with Crippen LogP contribution in [0.4, 0.5) is 10.5 Å². The highest BCUT2D eigenvalue weighted by atomic mass is 35.5. The van der Waals surface area contributed by atoms with Crippen molar-refractivity contribution in [1.82, 2.24) is 10.6 Å². The van der Waals surface area contributed by atoms with Crippen LogP contribution in [-0.2, 0) is 16.2 Å². The summed E-state index contributed by atoms with van der Waals surface area (Å²) in [5, 5.41) is 19.3. The summed E-state index contributed by atoms with van der Waals surface area (Å²) in [4.78, 5) is 15.7. The van der Waals surface area contributed by atoms with Crippen LogP contribution in [0, 0.1) is 17.4 Å². The van der Waals surface area contributed by atoms with Crippen LogP contribution in [0.3, 0.4) is 0 Å². The van der Waals surface area contributed by atoms with E-state index in [-0.39, 0.29) is 31.5 Å². The SMILES string of the molecule is Cl.N#CN=C(NCCCCCCOc1ccc(Cl)cc1)Nc1cc[n+](COC(=O)OCCC2CCNCC2)cc1.[Cl-]. The van der Waals surface area contributed by atoms with Gasteiger partial charge in [-0.3, -0.25) is 0 Å². The molecule has 1 saturated heterocycles. The third-order valence-electron chi connectivity index (χ3n) is 6.30. The van der Waals surface area contributed by atoms with Crippen molar-refractivity contribution in [2.24, 2.45) is 10.9 Å². The first kappa shape index (κ1) is 36.1. The summed E-state index contributed by atoms with van der Waals surface area (Å²) in [5.41, 5.74) is 0.747. The first-order chi connectivity index (χ1) is 19.1. The summed E-state index contributed by atoms with van der Waals surface area (Å²) >= 11 is 5.88. The molecule has 1 aliphatic heterocycles. The lowest BCUT2D eigenvalue weighted by molar-refractivity contribution is -0.727. The van der Waals surface area contributed by atoms with Crippen LogP contribution in [0.5, 0.6) is 5.75 Å². The number of piperidine rings is 1. The van der Waals surface area contributed by atoms with Crippen LogP contribution < -0.4 is 37.7 Å². The Morgan fingerprint density at radius 1 is 1.05 bits per heavy atom. The molecule has 13 heteroatoms.